The summed E-state index contributed by atoms with van der Waals surface area (Å²) < 4.78 is 0. The summed E-state index contributed by atoms with van der Waals surface area (Å²) in [5.74, 6) is -1.38. The molecule has 0 amide bonds. The lowest BCUT2D eigenvalue weighted by Gasteiger charge is -2.02. The van der Waals surface area contributed by atoms with Crippen molar-refractivity contribution in [3.05, 3.63) is 28.2 Å². The third kappa shape index (κ3) is 1.95. The molecule has 0 atom stereocenters. The molecule has 0 aromatic carbocycles. The van der Waals surface area contributed by atoms with Crippen LogP contribution in [0.15, 0.2) is 17.1 Å². The van der Waals surface area contributed by atoms with E-state index >= 15 is 0 Å². The summed E-state index contributed by atoms with van der Waals surface area (Å²) in [5.41, 5.74) is -1.27. The zero-order chi connectivity index (χ0) is 10.0. The molecule has 0 saturated heterocycles. The summed E-state index contributed by atoms with van der Waals surface area (Å²) in [6.07, 6.45) is 0.955. The monoisotopic (exact) mass is 183 g/mol. The normalized spacial score (nSPS) is 9.69. The van der Waals surface area contributed by atoms with E-state index < -0.39 is 24.2 Å². The zero-order valence-corrected chi connectivity index (χ0v) is 6.39. The minimum absolute atomic E-state index is 0.243. The summed E-state index contributed by atoms with van der Waals surface area (Å²) in [5, 5.41) is 26.0. The highest BCUT2D eigenvalue weighted by molar-refractivity contribution is 6.60. The van der Waals surface area contributed by atoms with Gasteiger partial charge in [0.2, 0.25) is 5.56 Å². The van der Waals surface area contributed by atoms with Crippen LogP contribution in [0.3, 0.4) is 0 Å². The Morgan fingerprint density at radius 2 is 2.08 bits per heavy atom. The molecule has 0 bridgehead atoms. The van der Waals surface area contributed by atoms with Gasteiger partial charge >= 0.3 is 13.1 Å². The third-order valence-corrected chi connectivity index (χ3v) is 1.46. The highest BCUT2D eigenvalue weighted by atomic mass is 16.4. The molecule has 0 saturated carbocycles. The Bertz CT molecular complexity index is 385. The van der Waals surface area contributed by atoms with E-state index in [0.29, 0.717) is 0 Å². The van der Waals surface area contributed by atoms with Crippen LogP contribution in [0, 0.1) is 0 Å². The van der Waals surface area contributed by atoms with Crippen LogP contribution in [0.4, 0.5) is 0 Å². The highest BCUT2D eigenvalue weighted by Crippen LogP contribution is 1.90. The van der Waals surface area contributed by atoms with Crippen molar-refractivity contribution in [3.8, 4) is 0 Å². The number of carboxylic acid groups (broad SMARTS) is 1. The van der Waals surface area contributed by atoms with Crippen LogP contribution in [-0.4, -0.2) is 33.2 Å². The standard InChI is InChI=1S/C6H6BNO5/c9-5-1-3(6(10)11)4(2-8-5)7(12)13/h1-2,12-13H,(H,8,9)(H,10,11). The SMILES string of the molecule is O=C(O)c1cc(=O)[nH]cc1B(O)O. The number of hydrogen-bond acceptors (Lipinski definition) is 4. The second-order valence-electron chi connectivity index (χ2n) is 2.35. The first-order chi connectivity index (χ1) is 6.02. The van der Waals surface area contributed by atoms with Crippen LogP contribution >= 0.6 is 0 Å². The number of H-pyrrole nitrogens is 1. The number of carbonyl (C=O) groups is 1. The number of rotatable bonds is 2. The van der Waals surface area contributed by atoms with E-state index in [1.54, 1.807) is 0 Å². The Morgan fingerprint density at radius 3 is 2.54 bits per heavy atom. The number of aromatic carboxylic acids is 1. The number of aromatic amines is 1. The van der Waals surface area contributed by atoms with Crippen molar-refractivity contribution in [1.82, 2.24) is 4.98 Å². The van der Waals surface area contributed by atoms with Crippen LogP contribution in [0.1, 0.15) is 10.4 Å². The molecular weight excluding hydrogens is 177 g/mol. The lowest BCUT2D eigenvalue weighted by Crippen LogP contribution is -2.36. The second kappa shape index (κ2) is 3.42. The van der Waals surface area contributed by atoms with Gasteiger partial charge < -0.3 is 20.1 Å². The van der Waals surface area contributed by atoms with E-state index in [0.717, 1.165) is 12.3 Å². The second-order valence-corrected chi connectivity index (χ2v) is 2.35. The minimum atomic E-state index is -1.91. The average Bonchev–Trinajstić information content (AvgIpc) is 2.03. The third-order valence-electron chi connectivity index (χ3n) is 1.46. The van der Waals surface area contributed by atoms with Gasteiger partial charge in [0.05, 0.1) is 5.56 Å². The molecule has 13 heavy (non-hydrogen) atoms. The Morgan fingerprint density at radius 1 is 1.46 bits per heavy atom. The number of hydrogen-bond donors (Lipinski definition) is 4. The molecule has 1 heterocycles. The zero-order valence-electron chi connectivity index (χ0n) is 6.39. The molecule has 7 heteroatoms. The Labute approximate surface area is 72.6 Å². The van der Waals surface area contributed by atoms with Gasteiger partial charge in [0, 0.05) is 17.7 Å². The molecule has 1 rings (SSSR count). The van der Waals surface area contributed by atoms with E-state index in [2.05, 4.69) is 4.98 Å². The summed E-state index contributed by atoms with van der Waals surface area (Å²) >= 11 is 0. The quantitative estimate of drug-likeness (QED) is 0.387. The first kappa shape index (κ1) is 9.49. The van der Waals surface area contributed by atoms with Crippen molar-refractivity contribution in [2.45, 2.75) is 0 Å². The van der Waals surface area contributed by atoms with E-state index in [1.165, 1.54) is 0 Å². The van der Waals surface area contributed by atoms with E-state index in [-0.39, 0.29) is 5.46 Å². The van der Waals surface area contributed by atoms with Crippen molar-refractivity contribution in [3.63, 3.8) is 0 Å². The van der Waals surface area contributed by atoms with Gasteiger partial charge in [-0.05, 0) is 0 Å². The van der Waals surface area contributed by atoms with Gasteiger partial charge in [0.15, 0.2) is 0 Å². The summed E-state index contributed by atoms with van der Waals surface area (Å²) in [4.78, 5) is 23.3. The van der Waals surface area contributed by atoms with Crippen LogP contribution in [-0.2, 0) is 0 Å². The number of pyridine rings is 1. The van der Waals surface area contributed by atoms with Crippen molar-refractivity contribution in [1.29, 1.82) is 0 Å². The minimum Gasteiger partial charge on any atom is -0.478 e. The van der Waals surface area contributed by atoms with Gasteiger partial charge in [-0.3, -0.25) is 4.79 Å². The van der Waals surface area contributed by atoms with E-state index in [1.807, 2.05) is 0 Å². The summed E-state index contributed by atoms with van der Waals surface area (Å²) in [7, 11) is -1.91. The first-order valence-corrected chi connectivity index (χ1v) is 3.34. The molecule has 0 aliphatic carbocycles. The Balaban J connectivity index is 3.35. The number of aromatic nitrogens is 1. The maximum Gasteiger partial charge on any atom is 0.490 e. The first-order valence-electron chi connectivity index (χ1n) is 3.34. The molecule has 0 spiro atoms. The molecule has 68 valence electrons. The smallest absolute Gasteiger partial charge is 0.478 e. The molecule has 0 fully saturated rings. The van der Waals surface area contributed by atoms with Gasteiger partial charge in [-0.1, -0.05) is 0 Å². The average molecular weight is 183 g/mol. The van der Waals surface area contributed by atoms with E-state index in [9.17, 15) is 9.59 Å². The number of nitrogens with one attached hydrogen (secondary N) is 1. The topological polar surface area (TPSA) is 111 Å². The fraction of sp³-hybridized carbons (Fsp3) is 0. The molecule has 0 aliphatic heterocycles. The lowest BCUT2D eigenvalue weighted by atomic mass is 9.78. The van der Waals surface area contributed by atoms with Crippen molar-refractivity contribution in [2.24, 2.45) is 0 Å². The molecule has 1 aromatic heterocycles. The van der Waals surface area contributed by atoms with Gasteiger partial charge in [-0.2, -0.15) is 0 Å². The highest BCUT2D eigenvalue weighted by Gasteiger charge is 2.20. The van der Waals surface area contributed by atoms with Crippen LogP contribution in [0.2, 0.25) is 0 Å². The predicted molar refractivity (Wildman–Crippen MR) is 43.8 cm³/mol. The maximum atomic E-state index is 10.7. The van der Waals surface area contributed by atoms with Crippen LogP contribution in [0.5, 0.6) is 0 Å². The largest absolute Gasteiger partial charge is 0.490 e. The van der Waals surface area contributed by atoms with Gasteiger partial charge in [0.25, 0.3) is 0 Å². The Hall–Kier alpha value is -1.60. The van der Waals surface area contributed by atoms with Gasteiger partial charge in [0.1, 0.15) is 0 Å². The van der Waals surface area contributed by atoms with Gasteiger partial charge in [-0.25, -0.2) is 4.79 Å². The summed E-state index contributed by atoms with van der Waals surface area (Å²) in [6, 6.07) is 0.789. The molecule has 0 aliphatic rings. The predicted octanol–water partition coefficient (Wildman–Crippen LogP) is -2.25. The molecule has 0 radical (unpaired) electrons. The van der Waals surface area contributed by atoms with Crippen molar-refractivity contribution >= 4 is 18.6 Å². The fourth-order valence-electron chi connectivity index (χ4n) is 0.882. The van der Waals surface area contributed by atoms with Crippen molar-refractivity contribution < 1.29 is 19.9 Å². The summed E-state index contributed by atoms with van der Waals surface area (Å²) in [6.45, 7) is 0. The number of carboxylic acids is 1. The van der Waals surface area contributed by atoms with Crippen molar-refractivity contribution in [2.75, 3.05) is 0 Å². The van der Waals surface area contributed by atoms with Crippen LogP contribution < -0.4 is 11.0 Å². The van der Waals surface area contributed by atoms with Crippen LogP contribution in [0.25, 0.3) is 0 Å². The van der Waals surface area contributed by atoms with E-state index in [4.69, 9.17) is 15.2 Å². The lowest BCUT2D eigenvalue weighted by molar-refractivity contribution is 0.0697. The molecular formula is C6H6BNO5. The van der Waals surface area contributed by atoms with Gasteiger partial charge in [-0.15, -0.1) is 0 Å². The fourth-order valence-corrected chi connectivity index (χ4v) is 0.882. The Kier molecular flexibility index (Phi) is 2.50. The maximum absolute atomic E-state index is 10.7. The molecule has 4 N–H and O–H groups in total. The molecule has 6 nitrogen and oxygen atoms in total. The molecule has 1 aromatic rings. The molecule has 0 unspecified atom stereocenters.